The molecule has 0 aliphatic rings. The molecule has 2 nitrogen and oxygen atoms in total. The van der Waals surface area contributed by atoms with E-state index in [0.717, 1.165) is 10.0 Å². The first-order chi connectivity index (χ1) is 8.58. The van der Waals surface area contributed by atoms with E-state index in [-0.39, 0.29) is 4.90 Å². The predicted octanol–water partition coefficient (Wildman–Crippen LogP) is 3.89. The lowest BCUT2D eigenvalue weighted by Crippen LogP contribution is -1.95. The van der Waals surface area contributed by atoms with Gasteiger partial charge in [0.25, 0.3) is 0 Å². The summed E-state index contributed by atoms with van der Waals surface area (Å²) >= 11 is 3.28. The molecular formula is C14H11BrO2S. The quantitative estimate of drug-likeness (QED) is 0.859. The first-order valence-corrected chi connectivity index (χ1v) is 7.66. The maximum Gasteiger partial charge on any atom is 0.199 e. The topological polar surface area (TPSA) is 34.1 Å². The monoisotopic (exact) mass is 322 g/mol. The summed E-state index contributed by atoms with van der Waals surface area (Å²) in [6.45, 7) is 0. The molecule has 2 rings (SSSR count). The number of hydrogen-bond acceptors (Lipinski definition) is 2. The second-order valence-corrected chi connectivity index (χ2v) is 6.46. The molecule has 0 aliphatic carbocycles. The van der Waals surface area contributed by atoms with E-state index in [1.54, 1.807) is 30.3 Å². The Morgan fingerprint density at radius 2 is 1.50 bits per heavy atom. The average molecular weight is 323 g/mol. The number of halogens is 1. The van der Waals surface area contributed by atoms with Crippen LogP contribution in [0, 0.1) is 0 Å². The average Bonchev–Trinajstić information content (AvgIpc) is 2.38. The highest BCUT2D eigenvalue weighted by molar-refractivity contribution is 9.10. The molecule has 0 fully saturated rings. The highest BCUT2D eigenvalue weighted by Crippen LogP contribution is 2.17. The van der Waals surface area contributed by atoms with Gasteiger partial charge in [0.15, 0.2) is 9.84 Å². The molecule has 0 aromatic heterocycles. The summed E-state index contributed by atoms with van der Waals surface area (Å²) in [5.41, 5.74) is 0.859. The minimum absolute atomic E-state index is 0.290. The van der Waals surface area contributed by atoms with Crippen LogP contribution in [0.3, 0.4) is 0 Å². The van der Waals surface area contributed by atoms with Crippen molar-refractivity contribution in [1.29, 1.82) is 0 Å². The number of sulfone groups is 1. The minimum Gasteiger partial charge on any atom is -0.219 e. The Hall–Kier alpha value is -1.39. The molecule has 2 aromatic carbocycles. The van der Waals surface area contributed by atoms with Gasteiger partial charge >= 0.3 is 0 Å². The Kier molecular flexibility index (Phi) is 3.99. The van der Waals surface area contributed by atoms with Crippen LogP contribution in [-0.4, -0.2) is 8.42 Å². The normalized spacial score (nSPS) is 11.8. The highest BCUT2D eigenvalue weighted by Gasteiger charge is 2.09. The van der Waals surface area contributed by atoms with Crippen molar-refractivity contribution in [2.24, 2.45) is 0 Å². The smallest absolute Gasteiger partial charge is 0.199 e. The van der Waals surface area contributed by atoms with Crippen LogP contribution >= 0.6 is 15.9 Å². The fraction of sp³-hybridized carbons (Fsp3) is 0. The zero-order valence-corrected chi connectivity index (χ0v) is 11.9. The van der Waals surface area contributed by atoms with Gasteiger partial charge in [0.1, 0.15) is 0 Å². The lowest BCUT2D eigenvalue weighted by Gasteiger charge is -1.99. The summed E-state index contributed by atoms with van der Waals surface area (Å²) in [5.74, 6) is 0. The molecule has 0 heterocycles. The molecule has 4 heteroatoms. The van der Waals surface area contributed by atoms with E-state index < -0.39 is 9.84 Å². The molecule has 0 saturated carbocycles. The van der Waals surface area contributed by atoms with Crippen LogP contribution in [0.5, 0.6) is 0 Å². The molecule has 18 heavy (non-hydrogen) atoms. The van der Waals surface area contributed by atoms with Crippen molar-refractivity contribution in [2.45, 2.75) is 4.90 Å². The Morgan fingerprint density at radius 3 is 2.11 bits per heavy atom. The molecule has 92 valence electrons. The fourth-order valence-corrected chi connectivity index (χ4v) is 2.71. The SMILES string of the molecule is O=S(=O)(C=Cc1ccccc1)c1ccc(Br)cc1. The van der Waals surface area contributed by atoms with E-state index in [2.05, 4.69) is 15.9 Å². The third-order valence-corrected chi connectivity index (χ3v) is 4.33. The predicted molar refractivity (Wildman–Crippen MR) is 76.8 cm³/mol. The molecular weight excluding hydrogens is 312 g/mol. The third kappa shape index (κ3) is 3.31. The van der Waals surface area contributed by atoms with Crippen molar-refractivity contribution in [2.75, 3.05) is 0 Å². The van der Waals surface area contributed by atoms with Crippen LogP contribution in [0.15, 0.2) is 69.4 Å². The molecule has 0 amide bonds. The number of benzene rings is 2. The van der Waals surface area contributed by atoms with E-state index in [9.17, 15) is 8.42 Å². The first kappa shape index (κ1) is 13.1. The van der Waals surface area contributed by atoms with E-state index in [1.165, 1.54) is 5.41 Å². The summed E-state index contributed by atoms with van der Waals surface area (Å²) in [6, 6.07) is 15.9. The maximum atomic E-state index is 12.0. The number of rotatable bonds is 3. The van der Waals surface area contributed by atoms with Gasteiger partial charge in [0, 0.05) is 9.88 Å². The summed E-state index contributed by atoms with van der Waals surface area (Å²) in [6.07, 6.45) is 1.59. The van der Waals surface area contributed by atoms with Crippen molar-refractivity contribution in [3.05, 3.63) is 70.0 Å². The Morgan fingerprint density at radius 1 is 0.889 bits per heavy atom. The molecule has 0 unspecified atom stereocenters. The van der Waals surface area contributed by atoms with Crippen molar-refractivity contribution in [1.82, 2.24) is 0 Å². The molecule has 0 saturated heterocycles. The lowest BCUT2D eigenvalue weighted by molar-refractivity contribution is 0.605. The zero-order chi connectivity index (χ0) is 13.0. The number of hydrogen-bond donors (Lipinski definition) is 0. The van der Waals surface area contributed by atoms with Gasteiger partial charge in [-0.3, -0.25) is 0 Å². The Labute approximate surface area is 115 Å². The molecule has 0 spiro atoms. The largest absolute Gasteiger partial charge is 0.219 e. The highest BCUT2D eigenvalue weighted by atomic mass is 79.9. The fourth-order valence-electron chi connectivity index (χ4n) is 1.44. The Bertz CT molecular complexity index is 644. The van der Waals surface area contributed by atoms with Gasteiger partial charge in [-0.1, -0.05) is 46.3 Å². The third-order valence-electron chi connectivity index (χ3n) is 2.38. The van der Waals surface area contributed by atoms with Gasteiger partial charge in [0.05, 0.1) is 4.90 Å². The van der Waals surface area contributed by atoms with Gasteiger partial charge in [0.2, 0.25) is 0 Å². The van der Waals surface area contributed by atoms with Crippen molar-refractivity contribution >= 4 is 31.8 Å². The van der Waals surface area contributed by atoms with Gasteiger partial charge in [-0.2, -0.15) is 0 Å². The van der Waals surface area contributed by atoms with Crippen molar-refractivity contribution < 1.29 is 8.42 Å². The molecule has 2 aromatic rings. The first-order valence-electron chi connectivity index (χ1n) is 5.32. The van der Waals surface area contributed by atoms with E-state index in [1.807, 2.05) is 30.3 Å². The van der Waals surface area contributed by atoms with Crippen LogP contribution in [0.25, 0.3) is 6.08 Å². The lowest BCUT2D eigenvalue weighted by atomic mass is 10.2. The van der Waals surface area contributed by atoms with Crippen LogP contribution in [0.2, 0.25) is 0 Å². The zero-order valence-electron chi connectivity index (χ0n) is 9.45. The van der Waals surface area contributed by atoms with Gasteiger partial charge in [-0.25, -0.2) is 8.42 Å². The van der Waals surface area contributed by atoms with Gasteiger partial charge in [-0.05, 0) is 35.9 Å². The molecule has 0 N–H and O–H groups in total. The summed E-state index contributed by atoms with van der Waals surface area (Å²) in [7, 11) is -3.38. The van der Waals surface area contributed by atoms with Gasteiger partial charge in [-0.15, -0.1) is 0 Å². The second kappa shape index (κ2) is 5.50. The standard InChI is InChI=1S/C14H11BrO2S/c15-13-6-8-14(9-7-13)18(16,17)11-10-12-4-2-1-3-5-12/h1-11H. The van der Waals surface area contributed by atoms with Crippen molar-refractivity contribution in [3.8, 4) is 0 Å². The second-order valence-electron chi connectivity index (χ2n) is 3.71. The van der Waals surface area contributed by atoms with E-state index in [0.29, 0.717) is 0 Å². The van der Waals surface area contributed by atoms with Crippen LogP contribution in [0.4, 0.5) is 0 Å². The summed E-state index contributed by atoms with van der Waals surface area (Å²) < 4.78 is 24.9. The minimum atomic E-state index is -3.38. The Balaban J connectivity index is 2.28. The summed E-state index contributed by atoms with van der Waals surface area (Å²) in [5, 5.41) is 1.23. The van der Waals surface area contributed by atoms with Gasteiger partial charge < -0.3 is 0 Å². The molecule has 0 aliphatic heterocycles. The maximum absolute atomic E-state index is 12.0. The van der Waals surface area contributed by atoms with E-state index in [4.69, 9.17) is 0 Å². The molecule has 0 radical (unpaired) electrons. The summed E-state index contributed by atoms with van der Waals surface area (Å²) in [4.78, 5) is 0.290. The molecule has 0 atom stereocenters. The van der Waals surface area contributed by atoms with Crippen LogP contribution in [0.1, 0.15) is 5.56 Å². The van der Waals surface area contributed by atoms with Crippen molar-refractivity contribution in [3.63, 3.8) is 0 Å². The van der Waals surface area contributed by atoms with Crippen LogP contribution < -0.4 is 0 Å². The van der Waals surface area contributed by atoms with Crippen LogP contribution in [-0.2, 0) is 9.84 Å². The van der Waals surface area contributed by atoms with E-state index >= 15 is 0 Å². The molecule has 0 bridgehead atoms.